The highest BCUT2D eigenvalue weighted by Gasteiger charge is 2.21. The molecule has 1 aromatic rings. The number of carbonyl (C=O) groups is 1. The monoisotopic (exact) mass is 338 g/mol. The van der Waals surface area contributed by atoms with Crippen molar-refractivity contribution in [2.75, 3.05) is 26.3 Å². The van der Waals surface area contributed by atoms with Crippen LogP contribution in [0.2, 0.25) is 5.02 Å². The molecular weight excluding hydrogens is 316 g/mol. The number of carbonyl (C=O) groups excluding carboxylic acids is 1. The van der Waals surface area contributed by atoms with Crippen molar-refractivity contribution in [1.82, 2.24) is 9.88 Å². The lowest BCUT2D eigenvalue weighted by atomic mass is 10.1. The summed E-state index contributed by atoms with van der Waals surface area (Å²) in [5.41, 5.74) is 0.538. The number of aromatic nitrogens is 1. The third-order valence-corrected chi connectivity index (χ3v) is 4.67. The van der Waals surface area contributed by atoms with E-state index in [0.717, 1.165) is 38.8 Å². The first-order valence-corrected chi connectivity index (χ1v) is 8.81. The summed E-state index contributed by atoms with van der Waals surface area (Å²) in [7, 11) is 0. The zero-order valence-corrected chi connectivity index (χ0v) is 14.1. The molecule has 23 heavy (non-hydrogen) atoms. The summed E-state index contributed by atoms with van der Waals surface area (Å²) in [6.07, 6.45) is 7.87. The maximum Gasteiger partial charge on any atom is 0.255 e. The summed E-state index contributed by atoms with van der Waals surface area (Å²) in [6, 6.07) is 1.68. The number of likely N-dealkylation sites (tertiary alicyclic amines) is 1. The SMILES string of the molecule is O=C(c1cnc(OC2CCOCC2)c(Cl)c1)N1CCCCCC1. The van der Waals surface area contributed by atoms with Gasteiger partial charge >= 0.3 is 0 Å². The minimum Gasteiger partial charge on any atom is -0.473 e. The van der Waals surface area contributed by atoms with Crippen molar-refractivity contribution in [2.45, 2.75) is 44.6 Å². The van der Waals surface area contributed by atoms with E-state index >= 15 is 0 Å². The normalized spacial score (nSPS) is 20.1. The van der Waals surface area contributed by atoms with Gasteiger partial charge in [-0.1, -0.05) is 24.4 Å². The lowest BCUT2D eigenvalue weighted by Crippen LogP contribution is -2.32. The van der Waals surface area contributed by atoms with Gasteiger partial charge in [0.2, 0.25) is 5.88 Å². The minimum absolute atomic E-state index is 0.0129. The minimum atomic E-state index is 0.0129. The number of ether oxygens (including phenoxy) is 2. The van der Waals surface area contributed by atoms with E-state index in [2.05, 4.69) is 4.98 Å². The number of amides is 1. The second-order valence-corrected chi connectivity index (χ2v) is 6.55. The summed E-state index contributed by atoms with van der Waals surface area (Å²) >= 11 is 6.27. The number of halogens is 1. The Balaban J connectivity index is 1.66. The molecule has 0 atom stereocenters. The molecule has 0 aromatic carbocycles. The molecule has 1 amide bonds. The van der Waals surface area contributed by atoms with E-state index < -0.39 is 0 Å². The zero-order chi connectivity index (χ0) is 16.1. The predicted molar refractivity (Wildman–Crippen MR) is 88.1 cm³/mol. The molecule has 5 nitrogen and oxygen atoms in total. The first-order chi connectivity index (χ1) is 11.2. The van der Waals surface area contributed by atoms with Crippen LogP contribution in [0, 0.1) is 0 Å². The fraction of sp³-hybridized carbons (Fsp3) is 0.647. The lowest BCUT2D eigenvalue weighted by molar-refractivity contribution is 0.0238. The molecule has 2 saturated heterocycles. The van der Waals surface area contributed by atoms with E-state index in [-0.39, 0.29) is 12.0 Å². The maximum atomic E-state index is 12.6. The van der Waals surface area contributed by atoms with Gasteiger partial charge in [-0.3, -0.25) is 4.79 Å². The van der Waals surface area contributed by atoms with Crippen LogP contribution in [0.3, 0.4) is 0 Å². The molecule has 0 saturated carbocycles. The Kier molecular flexibility index (Phi) is 5.73. The van der Waals surface area contributed by atoms with Gasteiger partial charge in [-0.05, 0) is 18.9 Å². The number of pyridine rings is 1. The van der Waals surface area contributed by atoms with E-state index in [9.17, 15) is 4.79 Å². The van der Waals surface area contributed by atoms with E-state index in [1.165, 1.54) is 12.8 Å². The Labute approximate surface area is 141 Å². The van der Waals surface area contributed by atoms with Crippen molar-refractivity contribution in [3.8, 4) is 5.88 Å². The molecule has 0 spiro atoms. The molecule has 0 N–H and O–H groups in total. The van der Waals surface area contributed by atoms with Gasteiger partial charge in [0.05, 0.1) is 18.8 Å². The number of nitrogens with zero attached hydrogens (tertiary/aromatic N) is 2. The smallest absolute Gasteiger partial charge is 0.255 e. The van der Waals surface area contributed by atoms with Gasteiger partial charge < -0.3 is 14.4 Å². The highest BCUT2D eigenvalue weighted by Crippen LogP contribution is 2.26. The van der Waals surface area contributed by atoms with Gasteiger partial charge in [0, 0.05) is 32.1 Å². The predicted octanol–water partition coefficient (Wildman–Crippen LogP) is 3.31. The van der Waals surface area contributed by atoms with Crippen LogP contribution < -0.4 is 4.74 Å². The fourth-order valence-corrected chi connectivity index (χ4v) is 3.25. The summed E-state index contributed by atoms with van der Waals surface area (Å²) < 4.78 is 11.2. The largest absolute Gasteiger partial charge is 0.473 e. The number of rotatable bonds is 3. The number of hydrogen-bond acceptors (Lipinski definition) is 4. The molecule has 2 aliphatic rings. The van der Waals surface area contributed by atoms with Crippen LogP contribution >= 0.6 is 11.6 Å². The third-order valence-electron chi connectivity index (χ3n) is 4.39. The van der Waals surface area contributed by atoms with Crippen molar-refractivity contribution >= 4 is 17.5 Å². The Morgan fingerprint density at radius 2 is 1.91 bits per heavy atom. The standard InChI is InChI=1S/C17H23ClN2O3/c18-15-11-13(17(21)20-7-3-1-2-4-8-20)12-19-16(15)23-14-5-9-22-10-6-14/h11-12,14H,1-10H2. The van der Waals surface area contributed by atoms with Gasteiger partial charge in [0.1, 0.15) is 11.1 Å². The molecule has 2 fully saturated rings. The van der Waals surface area contributed by atoms with Gasteiger partial charge in [-0.2, -0.15) is 0 Å². The molecule has 0 bridgehead atoms. The van der Waals surface area contributed by atoms with Crippen molar-refractivity contribution in [1.29, 1.82) is 0 Å². The van der Waals surface area contributed by atoms with Gasteiger partial charge in [-0.15, -0.1) is 0 Å². The molecule has 3 rings (SSSR count). The van der Waals surface area contributed by atoms with Gasteiger partial charge in [0.25, 0.3) is 5.91 Å². The molecule has 6 heteroatoms. The zero-order valence-electron chi connectivity index (χ0n) is 13.3. The molecule has 2 aliphatic heterocycles. The highest BCUT2D eigenvalue weighted by atomic mass is 35.5. The Morgan fingerprint density at radius 3 is 2.57 bits per heavy atom. The quantitative estimate of drug-likeness (QED) is 0.848. The van der Waals surface area contributed by atoms with Crippen LogP contribution in [0.25, 0.3) is 0 Å². The highest BCUT2D eigenvalue weighted by molar-refractivity contribution is 6.32. The molecule has 0 unspecified atom stereocenters. The second kappa shape index (κ2) is 7.97. The van der Waals surface area contributed by atoms with Crippen molar-refractivity contribution < 1.29 is 14.3 Å². The third kappa shape index (κ3) is 4.36. The van der Waals surface area contributed by atoms with Crippen molar-refractivity contribution in [3.05, 3.63) is 22.8 Å². The van der Waals surface area contributed by atoms with Gasteiger partial charge in [0.15, 0.2) is 0 Å². The van der Waals surface area contributed by atoms with Crippen LogP contribution in [-0.2, 0) is 4.74 Å². The van der Waals surface area contributed by atoms with E-state index in [1.807, 2.05) is 4.90 Å². The lowest BCUT2D eigenvalue weighted by Gasteiger charge is -2.23. The van der Waals surface area contributed by atoms with E-state index in [1.54, 1.807) is 12.3 Å². The van der Waals surface area contributed by atoms with Crippen LogP contribution in [0.15, 0.2) is 12.3 Å². The topological polar surface area (TPSA) is 51.7 Å². The van der Waals surface area contributed by atoms with E-state index in [0.29, 0.717) is 29.7 Å². The van der Waals surface area contributed by atoms with Crippen LogP contribution in [-0.4, -0.2) is 48.2 Å². The first kappa shape index (κ1) is 16.5. The second-order valence-electron chi connectivity index (χ2n) is 6.15. The summed E-state index contributed by atoms with van der Waals surface area (Å²) in [5, 5.41) is 0.400. The Hall–Kier alpha value is -1.33. The first-order valence-electron chi connectivity index (χ1n) is 8.43. The molecule has 126 valence electrons. The molecule has 0 radical (unpaired) electrons. The summed E-state index contributed by atoms with van der Waals surface area (Å²) in [5.74, 6) is 0.421. The van der Waals surface area contributed by atoms with Crippen molar-refractivity contribution in [3.63, 3.8) is 0 Å². The molecule has 1 aromatic heterocycles. The van der Waals surface area contributed by atoms with Crippen LogP contribution in [0.4, 0.5) is 0 Å². The number of hydrogen-bond donors (Lipinski definition) is 0. The fourth-order valence-electron chi connectivity index (χ4n) is 3.04. The van der Waals surface area contributed by atoms with Crippen LogP contribution in [0.5, 0.6) is 5.88 Å². The molecule has 3 heterocycles. The molecule has 0 aliphatic carbocycles. The Bertz CT molecular complexity index is 539. The average Bonchev–Trinajstić information content (AvgIpc) is 2.86. The van der Waals surface area contributed by atoms with E-state index in [4.69, 9.17) is 21.1 Å². The average molecular weight is 339 g/mol. The summed E-state index contributed by atoms with van der Waals surface area (Å²) in [4.78, 5) is 18.7. The maximum absolute atomic E-state index is 12.6. The van der Waals surface area contributed by atoms with Crippen LogP contribution in [0.1, 0.15) is 48.9 Å². The Morgan fingerprint density at radius 1 is 1.22 bits per heavy atom. The molecular formula is C17H23ClN2O3. The summed E-state index contributed by atoms with van der Waals surface area (Å²) in [6.45, 7) is 3.04. The van der Waals surface area contributed by atoms with Crippen molar-refractivity contribution in [2.24, 2.45) is 0 Å². The van der Waals surface area contributed by atoms with Gasteiger partial charge in [-0.25, -0.2) is 4.98 Å².